The maximum absolute atomic E-state index is 14.1. The van der Waals surface area contributed by atoms with Gasteiger partial charge in [0.1, 0.15) is 5.75 Å². The van der Waals surface area contributed by atoms with Gasteiger partial charge in [-0.15, -0.1) is 24.8 Å². The molecule has 1 aliphatic heterocycles. The van der Waals surface area contributed by atoms with Crippen LogP contribution in [0.25, 0.3) is 0 Å². The van der Waals surface area contributed by atoms with Crippen molar-refractivity contribution < 1.29 is 22.7 Å². The van der Waals surface area contributed by atoms with Crippen LogP contribution < -0.4 is 4.74 Å². The van der Waals surface area contributed by atoms with Crippen molar-refractivity contribution in [3.05, 3.63) is 63.2 Å². The topological polar surface area (TPSA) is 29.5 Å². The number of alkyl halides is 4. The minimum atomic E-state index is -4.74. The van der Waals surface area contributed by atoms with E-state index in [4.69, 9.17) is 11.6 Å². The van der Waals surface area contributed by atoms with E-state index >= 15 is 0 Å². The highest BCUT2D eigenvalue weighted by Gasteiger charge is 2.48. The standard InChI is InChI=1S/C28H33ClF3NO2.CH3Cl/c1-16(2)21-13-18(4)24-23(25(21)29)26(34)33(15-22-17(3)7-6-12-27(22,24)5)14-19-8-10-20(11-9-19)35-28(30,31)32;1-2/h8-11,13,16-17,22H,6-7,12,14-15H2,1-5H3;1H3. The van der Waals surface area contributed by atoms with Crippen molar-refractivity contribution >= 4 is 29.1 Å². The lowest BCUT2D eigenvalue weighted by molar-refractivity contribution is -0.274. The fourth-order valence-electron chi connectivity index (χ4n) is 6.31. The Bertz CT molecular complexity index is 1120. The van der Waals surface area contributed by atoms with Gasteiger partial charge >= 0.3 is 6.36 Å². The van der Waals surface area contributed by atoms with E-state index in [2.05, 4.69) is 57.0 Å². The number of hydrogen-bond acceptors (Lipinski definition) is 2. The molecule has 0 aromatic heterocycles. The number of fused-ring (bicyclic) bond motifs is 3. The summed E-state index contributed by atoms with van der Waals surface area (Å²) < 4.78 is 41.7. The van der Waals surface area contributed by atoms with Crippen LogP contribution in [0.4, 0.5) is 13.2 Å². The number of carbonyl (C=O) groups excluding carboxylic acids is 1. The Balaban J connectivity index is 0.00000186. The van der Waals surface area contributed by atoms with Gasteiger partial charge in [-0.1, -0.05) is 70.3 Å². The molecule has 1 heterocycles. The lowest BCUT2D eigenvalue weighted by Crippen LogP contribution is -2.44. The molecule has 37 heavy (non-hydrogen) atoms. The summed E-state index contributed by atoms with van der Waals surface area (Å²) in [6.45, 7) is 11.7. The number of rotatable bonds is 4. The van der Waals surface area contributed by atoms with E-state index in [0.29, 0.717) is 29.6 Å². The third-order valence-corrected chi connectivity index (χ3v) is 8.40. The molecule has 0 radical (unpaired) electrons. The SMILES string of the molecule is CCl.Cc1cc(C(C)C)c(Cl)c2c1C1(C)CCCC(C)C1CN(Cc1ccc(OC(F)(F)F)cc1)C2=O. The van der Waals surface area contributed by atoms with Gasteiger partial charge in [0.2, 0.25) is 0 Å². The molecule has 3 atom stereocenters. The highest BCUT2D eigenvalue weighted by molar-refractivity contribution is 6.35. The van der Waals surface area contributed by atoms with Crippen LogP contribution in [0, 0.1) is 18.8 Å². The molecule has 3 unspecified atom stereocenters. The summed E-state index contributed by atoms with van der Waals surface area (Å²) in [5.74, 6) is 0.483. The van der Waals surface area contributed by atoms with Crippen LogP contribution in [-0.4, -0.2) is 30.1 Å². The largest absolute Gasteiger partial charge is 0.573 e. The Morgan fingerprint density at radius 1 is 1.19 bits per heavy atom. The summed E-state index contributed by atoms with van der Waals surface area (Å²) in [6, 6.07) is 7.90. The van der Waals surface area contributed by atoms with Crippen molar-refractivity contribution in [1.82, 2.24) is 4.90 Å². The Hall–Kier alpha value is -1.92. The minimum absolute atomic E-state index is 0.103. The van der Waals surface area contributed by atoms with E-state index in [1.807, 2.05) is 4.90 Å². The third kappa shape index (κ3) is 6.06. The summed E-state index contributed by atoms with van der Waals surface area (Å²) in [5, 5.41) is 0.532. The smallest absolute Gasteiger partial charge is 0.406 e. The Kier molecular flexibility index (Phi) is 9.17. The lowest BCUT2D eigenvalue weighted by Gasteiger charge is -2.46. The molecule has 2 aromatic rings. The monoisotopic (exact) mass is 557 g/mol. The van der Waals surface area contributed by atoms with E-state index in [1.54, 1.807) is 12.1 Å². The van der Waals surface area contributed by atoms with Gasteiger partial charge in [0, 0.05) is 19.5 Å². The predicted molar refractivity (Wildman–Crippen MR) is 144 cm³/mol. The Morgan fingerprint density at radius 3 is 2.38 bits per heavy atom. The Morgan fingerprint density at radius 2 is 1.81 bits per heavy atom. The van der Waals surface area contributed by atoms with Crippen LogP contribution in [0.5, 0.6) is 5.75 Å². The number of ether oxygens (including phenoxy) is 1. The minimum Gasteiger partial charge on any atom is -0.406 e. The molecule has 8 heteroatoms. The van der Waals surface area contributed by atoms with Crippen molar-refractivity contribution in [3.8, 4) is 5.75 Å². The molecule has 4 rings (SSSR count). The molecular formula is C29H36Cl2F3NO2. The molecular weight excluding hydrogens is 522 g/mol. The fraction of sp³-hybridized carbons (Fsp3) is 0.552. The second-order valence-corrected chi connectivity index (χ2v) is 11.2. The predicted octanol–water partition coefficient (Wildman–Crippen LogP) is 8.88. The van der Waals surface area contributed by atoms with E-state index in [-0.39, 0.29) is 28.9 Å². The maximum Gasteiger partial charge on any atom is 0.573 e. The summed E-state index contributed by atoms with van der Waals surface area (Å²) in [7, 11) is 0. The lowest BCUT2D eigenvalue weighted by atomic mass is 9.59. The van der Waals surface area contributed by atoms with E-state index < -0.39 is 6.36 Å². The third-order valence-electron chi connectivity index (χ3n) is 7.99. The molecule has 0 saturated heterocycles. The van der Waals surface area contributed by atoms with Gasteiger partial charge in [0.25, 0.3) is 5.91 Å². The zero-order valence-corrected chi connectivity index (χ0v) is 23.8. The van der Waals surface area contributed by atoms with Crippen LogP contribution in [-0.2, 0) is 12.0 Å². The summed E-state index contributed by atoms with van der Waals surface area (Å²) in [5.41, 5.74) is 4.32. The quantitative estimate of drug-likeness (QED) is 0.351. The van der Waals surface area contributed by atoms with Gasteiger partial charge in [-0.3, -0.25) is 4.79 Å². The highest BCUT2D eigenvalue weighted by atomic mass is 35.5. The van der Waals surface area contributed by atoms with E-state index in [1.165, 1.54) is 18.5 Å². The number of halogens is 5. The van der Waals surface area contributed by atoms with Crippen LogP contribution in [0.15, 0.2) is 30.3 Å². The second kappa shape index (κ2) is 11.4. The van der Waals surface area contributed by atoms with Gasteiger partial charge in [-0.25, -0.2) is 0 Å². The van der Waals surface area contributed by atoms with Gasteiger partial charge in [-0.2, -0.15) is 0 Å². The zero-order valence-electron chi connectivity index (χ0n) is 22.3. The molecule has 1 fully saturated rings. The first-order chi connectivity index (χ1) is 17.3. The first-order valence-electron chi connectivity index (χ1n) is 12.7. The van der Waals surface area contributed by atoms with Crippen LogP contribution in [0.2, 0.25) is 5.02 Å². The average Bonchev–Trinajstić information content (AvgIpc) is 2.92. The number of aryl methyl sites for hydroxylation is 1. The first kappa shape index (κ1) is 29.6. The van der Waals surface area contributed by atoms with Crippen LogP contribution >= 0.6 is 23.2 Å². The molecule has 3 nitrogen and oxygen atoms in total. The fourth-order valence-corrected chi connectivity index (χ4v) is 6.75. The molecule has 204 valence electrons. The van der Waals surface area contributed by atoms with E-state index in [9.17, 15) is 18.0 Å². The molecule has 2 aliphatic rings. The molecule has 0 bridgehead atoms. The molecule has 0 spiro atoms. The zero-order chi connectivity index (χ0) is 27.7. The normalized spacial score (nSPS) is 23.6. The molecule has 2 aromatic carbocycles. The highest BCUT2D eigenvalue weighted by Crippen LogP contribution is 2.52. The number of carbonyl (C=O) groups is 1. The van der Waals surface area contributed by atoms with Gasteiger partial charge in [0.05, 0.1) is 10.6 Å². The molecule has 0 N–H and O–H groups in total. The van der Waals surface area contributed by atoms with Gasteiger partial charge in [0.15, 0.2) is 0 Å². The number of amides is 1. The first-order valence-corrected chi connectivity index (χ1v) is 13.8. The van der Waals surface area contributed by atoms with Crippen molar-refractivity contribution in [1.29, 1.82) is 0 Å². The average molecular weight is 559 g/mol. The van der Waals surface area contributed by atoms with Crippen molar-refractivity contribution in [2.24, 2.45) is 11.8 Å². The second-order valence-electron chi connectivity index (χ2n) is 10.8. The summed E-state index contributed by atoms with van der Waals surface area (Å²) in [6.07, 6.45) is -0.0580. The van der Waals surface area contributed by atoms with Gasteiger partial charge in [-0.05, 0) is 70.9 Å². The number of benzene rings is 2. The summed E-state index contributed by atoms with van der Waals surface area (Å²) >= 11 is 11.6. The van der Waals surface area contributed by atoms with Crippen LogP contribution in [0.3, 0.4) is 0 Å². The van der Waals surface area contributed by atoms with Crippen LogP contribution in [0.1, 0.15) is 85.5 Å². The number of nitrogens with zero attached hydrogens (tertiary/aromatic N) is 1. The molecule has 1 amide bonds. The maximum atomic E-state index is 14.1. The van der Waals surface area contributed by atoms with E-state index in [0.717, 1.165) is 41.5 Å². The molecule has 1 aliphatic carbocycles. The number of hydrogen-bond donors (Lipinski definition) is 0. The van der Waals surface area contributed by atoms with Crippen molar-refractivity contribution in [3.63, 3.8) is 0 Å². The van der Waals surface area contributed by atoms with Crippen molar-refractivity contribution in [2.75, 3.05) is 12.9 Å². The van der Waals surface area contributed by atoms with Crippen molar-refractivity contribution in [2.45, 2.75) is 78.1 Å². The Labute approximate surface area is 228 Å². The van der Waals surface area contributed by atoms with Gasteiger partial charge < -0.3 is 9.64 Å². The summed E-state index contributed by atoms with van der Waals surface area (Å²) in [4.78, 5) is 15.9. The molecule has 1 saturated carbocycles.